The van der Waals surface area contributed by atoms with Gasteiger partial charge in [-0.05, 0) is 19.3 Å². The standard InChI is InChI=1S/C14H26N2O2/c1-3-9-15(13(2)17)12-8-14(18)16-10-6-4-5-7-11-16/h3-12H2,1-2H3. The van der Waals surface area contributed by atoms with Crippen molar-refractivity contribution >= 4 is 11.8 Å². The van der Waals surface area contributed by atoms with Gasteiger partial charge >= 0.3 is 0 Å². The van der Waals surface area contributed by atoms with Crippen molar-refractivity contribution < 1.29 is 9.59 Å². The molecular weight excluding hydrogens is 228 g/mol. The van der Waals surface area contributed by atoms with Gasteiger partial charge in [0.15, 0.2) is 0 Å². The van der Waals surface area contributed by atoms with Crippen LogP contribution in [0.4, 0.5) is 0 Å². The van der Waals surface area contributed by atoms with Crippen LogP contribution >= 0.6 is 0 Å². The SMILES string of the molecule is CCCN(CCC(=O)N1CCCCCC1)C(C)=O. The molecule has 0 saturated carbocycles. The molecule has 104 valence electrons. The zero-order chi connectivity index (χ0) is 13.4. The maximum atomic E-state index is 12.1. The van der Waals surface area contributed by atoms with Gasteiger partial charge in [-0.1, -0.05) is 19.8 Å². The monoisotopic (exact) mass is 254 g/mol. The third-order valence-electron chi connectivity index (χ3n) is 3.49. The van der Waals surface area contributed by atoms with Gasteiger partial charge in [0.05, 0.1) is 0 Å². The lowest BCUT2D eigenvalue weighted by Crippen LogP contribution is -2.37. The van der Waals surface area contributed by atoms with E-state index in [0.717, 1.165) is 38.9 Å². The van der Waals surface area contributed by atoms with Gasteiger partial charge in [-0.3, -0.25) is 9.59 Å². The zero-order valence-electron chi connectivity index (χ0n) is 11.8. The van der Waals surface area contributed by atoms with Crippen molar-refractivity contribution in [1.82, 2.24) is 9.80 Å². The summed E-state index contributed by atoms with van der Waals surface area (Å²) in [6, 6.07) is 0. The first kappa shape index (κ1) is 15.0. The van der Waals surface area contributed by atoms with Gasteiger partial charge in [-0.15, -0.1) is 0 Å². The zero-order valence-corrected chi connectivity index (χ0v) is 11.8. The third-order valence-corrected chi connectivity index (χ3v) is 3.49. The molecule has 1 aliphatic heterocycles. The molecule has 0 aliphatic carbocycles. The molecule has 4 heteroatoms. The Kier molecular flexibility index (Phi) is 6.76. The lowest BCUT2D eigenvalue weighted by atomic mass is 10.2. The molecule has 0 bridgehead atoms. The fraction of sp³-hybridized carbons (Fsp3) is 0.857. The predicted octanol–water partition coefficient (Wildman–Crippen LogP) is 2.04. The topological polar surface area (TPSA) is 40.6 Å². The molecule has 0 atom stereocenters. The van der Waals surface area contributed by atoms with E-state index in [9.17, 15) is 9.59 Å². The van der Waals surface area contributed by atoms with E-state index >= 15 is 0 Å². The Morgan fingerprint density at radius 3 is 2.17 bits per heavy atom. The van der Waals surface area contributed by atoms with Crippen LogP contribution in [0.15, 0.2) is 0 Å². The summed E-state index contributed by atoms with van der Waals surface area (Å²) in [7, 11) is 0. The van der Waals surface area contributed by atoms with Crippen LogP contribution in [0.1, 0.15) is 52.4 Å². The molecule has 18 heavy (non-hydrogen) atoms. The smallest absolute Gasteiger partial charge is 0.224 e. The summed E-state index contributed by atoms with van der Waals surface area (Å²) in [6.07, 6.45) is 6.13. The van der Waals surface area contributed by atoms with Crippen LogP contribution in [0.25, 0.3) is 0 Å². The first-order valence-corrected chi connectivity index (χ1v) is 7.18. The highest BCUT2D eigenvalue weighted by Crippen LogP contribution is 2.11. The second kappa shape index (κ2) is 8.11. The van der Waals surface area contributed by atoms with Crippen molar-refractivity contribution in [2.24, 2.45) is 0 Å². The number of hydrogen-bond acceptors (Lipinski definition) is 2. The number of amides is 2. The minimum absolute atomic E-state index is 0.0699. The number of nitrogens with zero attached hydrogens (tertiary/aromatic N) is 2. The lowest BCUT2D eigenvalue weighted by Gasteiger charge is -2.24. The van der Waals surface area contributed by atoms with E-state index < -0.39 is 0 Å². The molecule has 1 aliphatic rings. The van der Waals surface area contributed by atoms with Crippen LogP contribution in [0.3, 0.4) is 0 Å². The fourth-order valence-electron chi connectivity index (χ4n) is 2.41. The maximum Gasteiger partial charge on any atom is 0.224 e. The number of carbonyl (C=O) groups excluding carboxylic acids is 2. The Morgan fingerprint density at radius 1 is 1.06 bits per heavy atom. The summed E-state index contributed by atoms with van der Waals surface area (Å²) in [5.74, 6) is 0.278. The summed E-state index contributed by atoms with van der Waals surface area (Å²) in [5, 5.41) is 0. The molecule has 1 heterocycles. The summed E-state index contributed by atoms with van der Waals surface area (Å²) >= 11 is 0. The van der Waals surface area contributed by atoms with Gasteiger partial charge in [-0.2, -0.15) is 0 Å². The van der Waals surface area contributed by atoms with E-state index in [1.54, 1.807) is 11.8 Å². The number of likely N-dealkylation sites (tertiary alicyclic amines) is 1. The second-order valence-corrected chi connectivity index (χ2v) is 5.05. The summed E-state index contributed by atoms with van der Waals surface area (Å²) in [5.41, 5.74) is 0. The van der Waals surface area contributed by atoms with Gasteiger partial charge < -0.3 is 9.80 Å². The van der Waals surface area contributed by atoms with Gasteiger partial charge in [0, 0.05) is 39.5 Å². The van der Waals surface area contributed by atoms with Crippen LogP contribution in [0.2, 0.25) is 0 Å². The highest BCUT2D eigenvalue weighted by atomic mass is 16.2. The Bertz CT molecular complexity index is 271. The Morgan fingerprint density at radius 2 is 1.67 bits per heavy atom. The average molecular weight is 254 g/mol. The quantitative estimate of drug-likeness (QED) is 0.753. The van der Waals surface area contributed by atoms with E-state index in [1.807, 2.05) is 11.8 Å². The van der Waals surface area contributed by atoms with E-state index in [4.69, 9.17) is 0 Å². The Hall–Kier alpha value is -1.06. The van der Waals surface area contributed by atoms with Crippen molar-refractivity contribution in [2.45, 2.75) is 52.4 Å². The second-order valence-electron chi connectivity index (χ2n) is 5.05. The molecule has 1 rings (SSSR count). The van der Waals surface area contributed by atoms with E-state index in [2.05, 4.69) is 0 Å². The summed E-state index contributed by atoms with van der Waals surface area (Å²) < 4.78 is 0. The summed E-state index contributed by atoms with van der Waals surface area (Å²) in [6.45, 7) is 6.74. The van der Waals surface area contributed by atoms with Crippen molar-refractivity contribution in [3.05, 3.63) is 0 Å². The molecule has 4 nitrogen and oxygen atoms in total. The number of rotatable bonds is 5. The molecule has 0 N–H and O–H groups in total. The van der Waals surface area contributed by atoms with E-state index in [-0.39, 0.29) is 11.8 Å². The van der Waals surface area contributed by atoms with Crippen molar-refractivity contribution in [3.63, 3.8) is 0 Å². The van der Waals surface area contributed by atoms with Crippen LogP contribution < -0.4 is 0 Å². The molecule has 0 radical (unpaired) electrons. The highest BCUT2D eigenvalue weighted by Gasteiger charge is 2.17. The summed E-state index contributed by atoms with van der Waals surface area (Å²) in [4.78, 5) is 27.2. The minimum Gasteiger partial charge on any atom is -0.343 e. The average Bonchev–Trinajstić information content (AvgIpc) is 2.62. The molecule has 0 aromatic carbocycles. The lowest BCUT2D eigenvalue weighted by molar-refractivity contribution is -0.133. The first-order chi connectivity index (χ1) is 8.65. The van der Waals surface area contributed by atoms with Crippen molar-refractivity contribution in [2.75, 3.05) is 26.2 Å². The van der Waals surface area contributed by atoms with Crippen LogP contribution in [-0.2, 0) is 9.59 Å². The molecule has 0 unspecified atom stereocenters. The van der Waals surface area contributed by atoms with Crippen LogP contribution in [0.5, 0.6) is 0 Å². The van der Waals surface area contributed by atoms with Gasteiger partial charge in [0.25, 0.3) is 0 Å². The minimum atomic E-state index is 0.0699. The normalized spacial score (nSPS) is 16.2. The van der Waals surface area contributed by atoms with Crippen LogP contribution in [0, 0.1) is 0 Å². The van der Waals surface area contributed by atoms with Gasteiger partial charge in [-0.25, -0.2) is 0 Å². The highest BCUT2D eigenvalue weighted by molar-refractivity contribution is 5.78. The largest absolute Gasteiger partial charge is 0.343 e. The van der Waals surface area contributed by atoms with E-state index in [0.29, 0.717) is 13.0 Å². The van der Waals surface area contributed by atoms with E-state index in [1.165, 1.54) is 12.8 Å². The predicted molar refractivity (Wildman–Crippen MR) is 72.2 cm³/mol. The van der Waals surface area contributed by atoms with Crippen molar-refractivity contribution in [3.8, 4) is 0 Å². The van der Waals surface area contributed by atoms with Gasteiger partial charge in [0.2, 0.25) is 11.8 Å². The molecule has 2 amide bonds. The van der Waals surface area contributed by atoms with Gasteiger partial charge in [0.1, 0.15) is 0 Å². The molecule has 0 aromatic rings. The van der Waals surface area contributed by atoms with Crippen LogP contribution in [-0.4, -0.2) is 47.8 Å². The molecule has 0 spiro atoms. The molecule has 1 fully saturated rings. The Balaban J connectivity index is 2.35. The first-order valence-electron chi connectivity index (χ1n) is 7.18. The fourth-order valence-corrected chi connectivity index (χ4v) is 2.41. The maximum absolute atomic E-state index is 12.1. The van der Waals surface area contributed by atoms with Crippen molar-refractivity contribution in [1.29, 1.82) is 0 Å². The number of hydrogen-bond donors (Lipinski definition) is 0. The third kappa shape index (κ3) is 5.07. The molecular formula is C14H26N2O2. The molecule has 0 aromatic heterocycles. The Labute approximate surface area is 110 Å². The number of carbonyl (C=O) groups is 2. The molecule has 1 saturated heterocycles.